The van der Waals surface area contributed by atoms with Crippen molar-refractivity contribution < 1.29 is 9.90 Å². The molecule has 120 valence electrons. The Morgan fingerprint density at radius 1 is 1.29 bits per heavy atom. The molecule has 0 spiro atoms. The topological polar surface area (TPSA) is 92.9 Å². The van der Waals surface area contributed by atoms with Gasteiger partial charge in [0.2, 0.25) is 0 Å². The molecule has 0 aliphatic rings. The van der Waals surface area contributed by atoms with Crippen LogP contribution >= 0.6 is 11.3 Å². The van der Waals surface area contributed by atoms with Gasteiger partial charge in [0.05, 0.1) is 11.9 Å². The molecule has 0 saturated carbocycles. The van der Waals surface area contributed by atoms with E-state index in [0.717, 1.165) is 32.0 Å². The molecule has 0 atom stereocenters. The first-order chi connectivity index (χ1) is 11.6. The van der Waals surface area contributed by atoms with Crippen LogP contribution in [-0.4, -0.2) is 37.6 Å². The van der Waals surface area contributed by atoms with Crippen molar-refractivity contribution in [2.75, 3.05) is 12.4 Å². The first-order valence-corrected chi connectivity index (χ1v) is 8.03. The van der Waals surface area contributed by atoms with E-state index in [1.165, 1.54) is 11.3 Å². The zero-order valence-corrected chi connectivity index (χ0v) is 13.8. The zero-order valence-electron chi connectivity index (χ0n) is 12.9. The number of carboxylic acids is 1. The molecule has 0 fully saturated rings. The highest BCUT2D eigenvalue weighted by molar-refractivity contribution is 7.21. The Morgan fingerprint density at radius 2 is 2.12 bits per heavy atom. The molecule has 3 aromatic heterocycles. The molecule has 0 aliphatic heterocycles. The standard InChI is InChI=1S/C16H13N5O2S/c1-17-13-10-12(21(2)7-18-10)11-15(20-13)24-14(19-11)8-4-3-5-9(6-8)16(22)23/h3-7H,1-2H3,(H,17,20)(H,22,23). The predicted octanol–water partition coefficient (Wildman–Crippen LogP) is 2.98. The van der Waals surface area contributed by atoms with Crippen LogP contribution in [0, 0.1) is 0 Å². The van der Waals surface area contributed by atoms with Crippen molar-refractivity contribution in [2.24, 2.45) is 7.05 Å². The molecule has 1 aromatic carbocycles. The van der Waals surface area contributed by atoms with Gasteiger partial charge < -0.3 is 15.0 Å². The van der Waals surface area contributed by atoms with Crippen LogP contribution in [0.25, 0.3) is 32.0 Å². The van der Waals surface area contributed by atoms with Crippen LogP contribution in [0.4, 0.5) is 5.82 Å². The maximum atomic E-state index is 11.2. The lowest BCUT2D eigenvalue weighted by atomic mass is 10.1. The molecular weight excluding hydrogens is 326 g/mol. The van der Waals surface area contributed by atoms with E-state index in [-0.39, 0.29) is 5.56 Å². The first kappa shape index (κ1) is 14.6. The Bertz CT molecular complexity index is 1100. The Labute approximate surface area is 140 Å². The number of hydrogen-bond acceptors (Lipinski definition) is 6. The third-order valence-electron chi connectivity index (χ3n) is 3.80. The lowest BCUT2D eigenvalue weighted by Crippen LogP contribution is -1.95. The smallest absolute Gasteiger partial charge is 0.335 e. The molecule has 0 bridgehead atoms. The Kier molecular flexibility index (Phi) is 3.20. The van der Waals surface area contributed by atoms with E-state index in [0.29, 0.717) is 5.82 Å². The summed E-state index contributed by atoms with van der Waals surface area (Å²) in [7, 11) is 3.72. The molecule has 3 heterocycles. The fraction of sp³-hybridized carbons (Fsp3) is 0.125. The van der Waals surface area contributed by atoms with E-state index in [1.807, 2.05) is 17.7 Å². The van der Waals surface area contributed by atoms with Gasteiger partial charge in [-0.2, -0.15) is 0 Å². The van der Waals surface area contributed by atoms with Crippen molar-refractivity contribution in [1.29, 1.82) is 0 Å². The third kappa shape index (κ3) is 2.11. The van der Waals surface area contributed by atoms with Crippen LogP contribution in [0.2, 0.25) is 0 Å². The average Bonchev–Trinajstić information content (AvgIpc) is 3.17. The second-order valence-electron chi connectivity index (χ2n) is 5.32. The minimum Gasteiger partial charge on any atom is -0.478 e. The van der Waals surface area contributed by atoms with E-state index in [1.54, 1.807) is 31.6 Å². The summed E-state index contributed by atoms with van der Waals surface area (Å²) in [5.41, 5.74) is 3.44. The van der Waals surface area contributed by atoms with Gasteiger partial charge in [-0.3, -0.25) is 0 Å². The van der Waals surface area contributed by atoms with Gasteiger partial charge in [-0.1, -0.05) is 23.5 Å². The number of benzene rings is 1. The Hall–Kier alpha value is -3.00. The molecule has 2 N–H and O–H groups in total. The summed E-state index contributed by atoms with van der Waals surface area (Å²) in [6.07, 6.45) is 1.73. The number of carbonyl (C=O) groups is 1. The molecule has 0 radical (unpaired) electrons. The maximum Gasteiger partial charge on any atom is 0.335 e. The van der Waals surface area contributed by atoms with Crippen LogP contribution in [0.3, 0.4) is 0 Å². The minimum absolute atomic E-state index is 0.237. The number of rotatable bonds is 3. The largest absolute Gasteiger partial charge is 0.478 e. The quantitative estimate of drug-likeness (QED) is 0.596. The van der Waals surface area contributed by atoms with Crippen molar-refractivity contribution in [2.45, 2.75) is 0 Å². The molecule has 0 aliphatic carbocycles. The van der Waals surface area contributed by atoms with Gasteiger partial charge in [0.15, 0.2) is 5.82 Å². The van der Waals surface area contributed by atoms with Crippen LogP contribution in [0.5, 0.6) is 0 Å². The number of thiazole rings is 1. The number of aromatic nitrogens is 4. The van der Waals surface area contributed by atoms with Gasteiger partial charge in [0.1, 0.15) is 26.4 Å². The molecule has 4 aromatic rings. The van der Waals surface area contributed by atoms with E-state index < -0.39 is 5.97 Å². The predicted molar refractivity (Wildman–Crippen MR) is 93.6 cm³/mol. The third-order valence-corrected chi connectivity index (χ3v) is 4.80. The second kappa shape index (κ2) is 5.27. The molecule has 24 heavy (non-hydrogen) atoms. The second-order valence-corrected chi connectivity index (χ2v) is 6.30. The summed E-state index contributed by atoms with van der Waals surface area (Å²) >= 11 is 1.43. The van der Waals surface area contributed by atoms with Crippen molar-refractivity contribution in [3.63, 3.8) is 0 Å². The van der Waals surface area contributed by atoms with Gasteiger partial charge in [-0.15, -0.1) is 0 Å². The molecule has 4 rings (SSSR count). The first-order valence-electron chi connectivity index (χ1n) is 7.21. The van der Waals surface area contributed by atoms with Crippen LogP contribution in [-0.2, 0) is 7.05 Å². The molecule has 0 unspecified atom stereocenters. The van der Waals surface area contributed by atoms with E-state index in [4.69, 9.17) is 10.1 Å². The van der Waals surface area contributed by atoms with Crippen LogP contribution in [0.1, 0.15) is 10.4 Å². The molecule has 7 nitrogen and oxygen atoms in total. The number of hydrogen-bond donors (Lipinski definition) is 2. The van der Waals surface area contributed by atoms with E-state index in [9.17, 15) is 4.79 Å². The van der Waals surface area contributed by atoms with Gasteiger partial charge in [-0.05, 0) is 12.1 Å². The lowest BCUT2D eigenvalue weighted by molar-refractivity contribution is 0.0697. The molecule has 0 saturated heterocycles. The fourth-order valence-electron chi connectivity index (χ4n) is 2.66. The number of nitrogens with one attached hydrogen (secondary N) is 1. The number of aryl methyl sites for hydroxylation is 1. The number of anilines is 1. The van der Waals surface area contributed by atoms with E-state index >= 15 is 0 Å². The zero-order chi connectivity index (χ0) is 16.8. The summed E-state index contributed by atoms with van der Waals surface area (Å²) in [5, 5.41) is 13.0. The van der Waals surface area contributed by atoms with Crippen molar-refractivity contribution in [3.05, 3.63) is 36.2 Å². The van der Waals surface area contributed by atoms with Crippen LogP contribution in [0.15, 0.2) is 30.6 Å². The normalized spacial score (nSPS) is 11.2. The molecule has 0 amide bonds. The van der Waals surface area contributed by atoms with Crippen molar-refractivity contribution in [1.82, 2.24) is 19.5 Å². The van der Waals surface area contributed by atoms with Crippen molar-refractivity contribution >= 4 is 44.5 Å². The highest BCUT2D eigenvalue weighted by atomic mass is 32.1. The van der Waals surface area contributed by atoms with Crippen LogP contribution < -0.4 is 5.32 Å². The summed E-state index contributed by atoms with van der Waals surface area (Å²) in [6, 6.07) is 6.76. The SMILES string of the molecule is CNc1nc2sc(-c3cccc(C(=O)O)c3)nc2c2c1ncn2C. The highest BCUT2D eigenvalue weighted by Gasteiger charge is 2.17. The lowest BCUT2D eigenvalue weighted by Gasteiger charge is -2.01. The number of imidazole rings is 1. The fourth-order valence-corrected chi connectivity index (χ4v) is 3.60. The summed E-state index contributed by atoms with van der Waals surface area (Å²) in [4.78, 5) is 25.6. The average molecular weight is 339 g/mol. The van der Waals surface area contributed by atoms with Gasteiger partial charge in [0.25, 0.3) is 0 Å². The monoisotopic (exact) mass is 339 g/mol. The summed E-state index contributed by atoms with van der Waals surface area (Å²) < 4.78 is 1.91. The van der Waals surface area contributed by atoms with Gasteiger partial charge in [0, 0.05) is 19.7 Å². The summed E-state index contributed by atoms with van der Waals surface area (Å²) in [6.45, 7) is 0. The maximum absolute atomic E-state index is 11.2. The van der Waals surface area contributed by atoms with Crippen molar-refractivity contribution in [3.8, 4) is 10.6 Å². The Balaban J connectivity index is 1.99. The number of aromatic carboxylic acids is 1. The number of pyridine rings is 1. The Morgan fingerprint density at radius 3 is 2.88 bits per heavy atom. The molecular formula is C16H13N5O2S. The number of fused-ring (bicyclic) bond motifs is 3. The number of nitrogens with zero attached hydrogens (tertiary/aromatic N) is 4. The van der Waals surface area contributed by atoms with Gasteiger partial charge in [-0.25, -0.2) is 19.7 Å². The number of carboxylic acid groups (broad SMARTS) is 1. The minimum atomic E-state index is -0.956. The summed E-state index contributed by atoms with van der Waals surface area (Å²) in [5.74, 6) is -0.254. The molecule has 8 heteroatoms. The van der Waals surface area contributed by atoms with Gasteiger partial charge >= 0.3 is 5.97 Å². The highest BCUT2D eigenvalue weighted by Crippen LogP contribution is 2.35. The van der Waals surface area contributed by atoms with E-state index in [2.05, 4.69) is 15.3 Å².